The number of hydrogen-bond donors (Lipinski definition) is 1. The number of nitrogens with zero attached hydrogens (tertiary/aromatic N) is 3. The maximum Gasteiger partial charge on any atom is 0.212 e. The van der Waals surface area contributed by atoms with Crippen molar-refractivity contribution in [2.24, 2.45) is 0 Å². The Hall–Kier alpha value is -2.54. The first-order valence-electron chi connectivity index (χ1n) is 6.89. The molecule has 2 N–H and O–H groups in total. The molecule has 0 atom stereocenters. The maximum atomic E-state index is 5.94. The molecular formula is C15H14N4O2S. The van der Waals surface area contributed by atoms with Crippen molar-refractivity contribution in [3.8, 4) is 27.9 Å². The van der Waals surface area contributed by atoms with E-state index in [9.17, 15) is 0 Å². The molecule has 0 bridgehead atoms. The lowest BCUT2D eigenvalue weighted by Gasteiger charge is -2.18. The Balaban J connectivity index is 1.71. The van der Waals surface area contributed by atoms with E-state index in [2.05, 4.69) is 10.1 Å². The molecule has 0 aliphatic carbocycles. The van der Waals surface area contributed by atoms with Gasteiger partial charge in [-0.1, -0.05) is 0 Å². The Morgan fingerprint density at radius 1 is 1.18 bits per heavy atom. The van der Waals surface area contributed by atoms with Gasteiger partial charge in [0.2, 0.25) is 5.13 Å². The molecule has 1 aliphatic rings. The standard InChI is InChI=1S/C15H14N4O2S/c1-9-6-14(16)19(18-9)15-17-11(8-22-15)10-2-3-12-13(7-10)21-5-4-20-12/h2-3,6-8H,4-5,16H2,1H3. The number of ether oxygens (including phenoxy) is 2. The smallest absolute Gasteiger partial charge is 0.212 e. The number of aryl methyl sites for hydroxylation is 1. The van der Waals surface area contributed by atoms with Gasteiger partial charge in [-0.05, 0) is 25.1 Å². The minimum atomic E-state index is 0.571. The second-order valence-electron chi connectivity index (χ2n) is 5.00. The normalized spacial score (nSPS) is 13.3. The molecule has 22 heavy (non-hydrogen) atoms. The number of thiazole rings is 1. The summed E-state index contributed by atoms with van der Waals surface area (Å²) in [6.07, 6.45) is 0. The van der Waals surface area contributed by atoms with E-state index < -0.39 is 0 Å². The van der Waals surface area contributed by atoms with Gasteiger partial charge in [-0.3, -0.25) is 0 Å². The Kier molecular flexibility index (Phi) is 3.00. The number of rotatable bonds is 2. The van der Waals surface area contributed by atoms with Crippen LogP contribution in [0.1, 0.15) is 5.69 Å². The molecule has 0 unspecified atom stereocenters. The van der Waals surface area contributed by atoms with E-state index in [4.69, 9.17) is 15.2 Å². The summed E-state index contributed by atoms with van der Waals surface area (Å²) in [5, 5.41) is 7.08. The number of anilines is 1. The third-order valence-corrected chi connectivity index (χ3v) is 4.19. The van der Waals surface area contributed by atoms with Crippen LogP contribution in [0.4, 0.5) is 5.82 Å². The number of nitrogens with two attached hydrogens (primary N) is 1. The first kappa shape index (κ1) is 13.1. The average molecular weight is 314 g/mol. The predicted molar refractivity (Wildman–Crippen MR) is 84.8 cm³/mol. The van der Waals surface area contributed by atoms with Gasteiger partial charge in [0.1, 0.15) is 19.0 Å². The van der Waals surface area contributed by atoms with Crippen LogP contribution in [0.5, 0.6) is 11.5 Å². The first-order valence-corrected chi connectivity index (χ1v) is 7.77. The van der Waals surface area contributed by atoms with Crippen LogP contribution in [0, 0.1) is 6.92 Å². The highest BCUT2D eigenvalue weighted by molar-refractivity contribution is 7.12. The van der Waals surface area contributed by atoms with Crippen molar-refractivity contribution in [2.75, 3.05) is 18.9 Å². The molecule has 112 valence electrons. The van der Waals surface area contributed by atoms with E-state index in [1.54, 1.807) is 4.68 Å². The first-order chi connectivity index (χ1) is 10.7. The van der Waals surface area contributed by atoms with Crippen molar-refractivity contribution in [1.29, 1.82) is 0 Å². The highest BCUT2D eigenvalue weighted by atomic mass is 32.1. The minimum absolute atomic E-state index is 0.571. The van der Waals surface area contributed by atoms with Gasteiger partial charge in [-0.2, -0.15) is 9.78 Å². The van der Waals surface area contributed by atoms with Crippen LogP contribution in [0.25, 0.3) is 16.4 Å². The monoisotopic (exact) mass is 314 g/mol. The topological polar surface area (TPSA) is 75.2 Å². The molecule has 0 saturated carbocycles. The molecule has 1 aromatic carbocycles. The lowest BCUT2D eigenvalue weighted by Crippen LogP contribution is -2.15. The Labute approximate surface area is 131 Å². The third kappa shape index (κ3) is 2.19. The summed E-state index contributed by atoms with van der Waals surface area (Å²) in [4.78, 5) is 4.62. The molecule has 4 rings (SSSR count). The molecule has 0 fully saturated rings. The van der Waals surface area contributed by atoms with Crippen molar-refractivity contribution in [3.63, 3.8) is 0 Å². The molecule has 0 amide bonds. The summed E-state index contributed by atoms with van der Waals surface area (Å²) < 4.78 is 12.8. The SMILES string of the molecule is Cc1cc(N)n(-c2nc(-c3ccc4c(c3)OCCO4)cs2)n1. The van der Waals surface area contributed by atoms with Gasteiger partial charge in [0.15, 0.2) is 11.5 Å². The molecule has 3 aromatic rings. The van der Waals surface area contributed by atoms with Gasteiger partial charge in [-0.15, -0.1) is 11.3 Å². The van der Waals surface area contributed by atoms with Gasteiger partial charge in [0, 0.05) is 17.0 Å². The zero-order chi connectivity index (χ0) is 15.1. The summed E-state index contributed by atoms with van der Waals surface area (Å²) in [5.41, 5.74) is 8.66. The van der Waals surface area contributed by atoms with Gasteiger partial charge >= 0.3 is 0 Å². The zero-order valence-corrected chi connectivity index (χ0v) is 12.8. The summed E-state index contributed by atoms with van der Waals surface area (Å²) in [6.45, 7) is 3.06. The van der Waals surface area contributed by atoms with Crippen molar-refractivity contribution < 1.29 is 9.47 Å². The fourth-order valence-electron chi connectivity index (χ4n) is 2.37. The number of fused-ring (bicyclic) bond motifs is 1. The number of nitrogen functional groups attached to an aromatic ring is 1. The second-order valence-corrected chi connectivity index (χ2v) is 5.83. The summed E-state index contributed by atoms with van der Waals surface area (Å²) >= 11 is 1.50. The van der Waals surface area contributed by atoms with Crippen LogP contribution in [0.15, 0.2) is 29.6 Å². The van der Waals surface area contributed by atoms with Crippen LogP contribution >= 0.6 is 11.3 Å². The van der Waals surface area contributed by atoms with Crippen LogP contribution < -0.4 is 15.2 Å². The molecule has 0 spiro atoms. The van der Waals surface area contributed by atoms with Crippen molar-refractivity contribution in [2.45, 2.75) is 6.92 Å². The molecule has 2 aromatic heterocycles. The quantitative estimate of drug-likeness (QED) is 0.787. The second kappa shape index (κ2) is 5.03. The molecular weight excluding hydrogens is 300 g/mol. The van der Waals surface area contributed by atoms with E-state index in [1.165, 1.54) is 11.3 Å². The fourth-order valence-corrected chi connectivity index (χ4v) is 3.17. The maximum absolute atomic E-state index is 5.94. The molecule has 0 radical (unpaired) electrons. The Morgan fingerprint density at radius 3 is 2.77 bits per heavy atom. The largest absolute Gasteiger partial charge is 0.486 e. The average Bonchev–Trinajstić information content (AvgIpc) is 3.13. The van der Waals surface area contributed by atoms with Crippen molar-refractivity contribution in [1.82, 2.24) is 14.8 Å². The lowest BCUT2D eigenvalue weighted by atomic mass is 10.1. The van der Waals surface area contributed by atoms with E-state index in [-0.39, 0.29) is 0 Å². The Bertz CT molecular complexity index is 840. The van der Waals surface area contributed by atoms with E-state index in [0.717, 1.165) is 33.6 Å². The summed E-state index contributed by atoms with van der Waals surface area (Å²) in [6, 6.07) is 7.66. The van der Waals surface area contributed by atoms with E-state index in [1.807, 2.05) is 36.6 Å². The van der Waals surface area contributed by atoms with Gasteiger partial charge in [-0.25, -0.2) is 4.98 Å². The third-order valence-electron chi connectivity index (χ3n) is 3.37. The lowest BCUT2D eigenvalue weighted by molar-refractivity contribution is 0.171. The molecule has 0 saturated heterocycles. The summed E-state index contributed by atoms with van der Waals surface area (Å²) in [5.74, 6) is 2.12. The number of hydrogen-bond acceptors (Lipinski definition) is 6. The fraction of sp³-hybridized carbons (Fsp3) is 0.200. The van der Waals surface area contributed by atoms with Gasteiger partial charge in [0.25, 0.3) is 0 Å². The van der Waals surface area contributed by atoms with Gasteiger partial charge in [0.05, 0.1) is 11.4 Å². The van der Waals surface area contributed by atoms with Crippen LogP contribution in [0.3, 0.4) is 0 Å². The predicted octanol–water partition coefficient (Wildman–Crippen LogP) is 2.66. The van der Waals surface area contributed by atoms with Crippen LogP contribution in [0.2, 0.25) is 0 Å². The molecule has 7 heteroatoms. The molecule has 6 nitrogen and oxygen atoms in total. The summed E-state index contributed by atoms with van der Waals surface area (Å²) in [7, 11) is 0. The van der Waals surface area contributed by atoms with E-state index in [0.29, 0.717) is 19.0 Å². The van der Waals surface area contributed by atoms with Crippen LogP contribution in [-0.2, 0) is 0 Å². The molecule has 3 heterocycles. The van der Waals surface area contributed by atoms with Crippen molar-refractivity contribution >= 4 is 17.2 Å². The number of benzene rings is 1. The van der Waals surface area contributed by atoms with Crippen molar-refractivity contribution in [3.05, 3.63) is 35.3 Å². The Morgan fingerprint density at radius 2 is 2.00 bits per heavy atom. The minimum Gasteiger partial charge on any atom is -0.486 e. The molecule has 1 aliphatic heterocycles. The van der Waals surface area contributed by atoms with E-state index >= 15 is 0 Å². The highest BCUT2D eigenvalue weighted by Gasteiger charge is 2.15. The van der Waals surface area contributed by atoms with Crippen LogP contribution in [-0.4, -0.2) is 28.0 Å². The zero-order valence-electron chi connectivity index (χ0n) is 11.9. The van der Waals surface area contributed by atoms with Gasteiger partial charge < -0.3 is 15.2 Å². The highest BCUT2D eigenvalue weighted by Crippen LogP contribution is 2.35. The number of aromatic nitrogens is 3.